The van der Waals surface area contributed by atoms with E-state index in [9.17, 15) is 9.59 Å². The summed E-state index contributed by atoms with van der Waals surface area (Å²) in [6.45, 7) is 8.00. The zero-order chi connectivity index (χ0) is 17.2. The molecule has 0 aliphatic carbocycles. The average molecular weight is 329 g/mol. The lowest BCUT2D eigenvalue weighted by atomic mass is 10.0. The number of benzene rings is 1. The zero-order valence-corrected chi connectivity index (χ0v) is 14.7. The number of anilines is 1. The lowest BCUT2D eigenvalue weighted by Crippen LogP contribution is -2.50. The first-order valence-electron chi connectivity index (χ1n) is 8.91. The smallest absolute Gasteiger partial charge is 0.251 e. The summed E-state index contributed by atoms with van der Waals surface area (Å²) in [6.07, 6.45) is 4.02. The van der Waals surface area contributed by atoms with Crippen LogP contribution < -0.4 is 10.2 Å². The lowest BCUT2D eigenvalue weighted by molar-refractivity contribution is -0.117. The number of nitrogens with one attached hydrogen (secondary N) is 1. The third-order valence-corrected chi connectivity index (χ3v) is 5.16. The first-order chi connectivity index (χ1) is 11.5. The number of hydrogen-bond acceptors (Lipinski definition) is 3. The summed E-state index contributed by atoms with van der Waals surface area (Å²) >= 11 is 0. The molecule has 24 heavy (non-hydrogen) atoms. The first-order valence-corrected chi connectivity index (χ1v) is 8.91. The minimum absolute atomic E-state index is 0.0198. The molecule has 1 aromatic carbocycles. The van der Waals surface area contributed by atoms with Crippen molar-refractivity contribution in [1.82, 2.24) is 10.2 Å². The van der Waals surface area contributed by atoms with Gasteiger partial charge >= 0.3 is 0 Å². The normalized spacial score (nSPS) is 19.1. The number of nitrogens with zero attached hydrogens (tertiary/aromatic N) is 2. The molecule has 0 unspecified atom stereocenters. The van der Waals surface area contributed by atoms with Crippen molar-refractivity contribution in [3.63, 3.8) is 0 Å². The van der Waals surface area contributed by atoms with Gasteiger partial charge in [-0.25, -0.2) is 0 Å². The van der Waals surface area contributed by atoms with Crippen molar-refractivity contribution >= 4 is 17.5 Å². The van der Waals surface area contributed by atoms with Crippen molar-refractivity contribution in [2.75, 3.05) is 31.1 Å². The molecule has 0 aromatic heterocycles. The van der Waals surface area contributed by atoms with Gasteiger partial charge in [-0.2, -0.15) is 0 Å². The maximum absolute atomic E-state index is 12.4. The molecule has 2 fully saturated rings. The molecule has 2 aliphatic heterocycles. The monoisotopic (exact) mass is 329 g/mol. The minimum atomic E-state index is -0.0541. The summed E-state index contributed by atoms with van der Waals surface area (Å²) < 4.78 is 0. The first kappa shape index (κ1) is 17.0. The standard InChI is InChI=1S/C19H27N3O2/c1-19(2,21-11-3-4-12-21)14-20-18(24)15-7-9-16(10-8-15)22-13-5-6-17(22)23/h7-10H,3-6,11-14H2,1-2H3,(H,20,24). The molecule has 1 aromatic rings. The van der Waals surface area contributed by atoms with Gasteiger partial charge in [-0.05, 0) is 70.5 Å². The van der Waals surface area contributed by atoms with Crippen molar-refractivity contribution in [2.45, 2.75) is 45.1 Å². The Balaban J connectivity index is 1.58. The fourth-order valence-electron chi connectivity index (χ4n) is 3.55. The molecule has 0 saturated carbocycles. The lowest BCUT2D eigenvalue weighted by Gasteiger charge is -2.35. The molecular formula is C19H27N3O2. The van der Waals surface area contributed by atoms with E-state index < -0.39 is 0 Å². The van der Waals surface area contributed by atoms with Gasteiger partial charge in [0.25, 0.3) is 5.91 Å². The topological polar surface area (TPSA) is 52.7 Å². The van der Waals surface area contributed by atoms with Crippen LogP contribution in [0.2, 0.25) is 0 Å². The predicted molar refractivity (Wildman–Crippen MR) is 95.2 cm³/mol. The molecule has 3 rings (SSSR count). The molecule has 2 heterocycles. The summed E-state index contributed by atoms with van der Waals surface area (Å²) in [5.74, 6) is 0.112. The van der Waals surface area contributed by atoms with Gasteiger partial charge in [0, 0.05) is 36.3 Å². The Morgan fingerprint density at radius 3 is 2.33 bits per heavy atom. The van der Waals surface area contributed by atoms with Gasteiger partial charge in [-0.3, -0.25) is 14.5 Å². The van der Waals surface area contributed by atoms with E-state index in [2.05, 4.69) is 24.1 Å². The summed E-state index contributed by atoms with van der Waals surface area (Å²) in [4.78, 5) is 28.4. The molecular weight excluding hydrogens is 302 g/mol. The second kappa shape index (κ2) is 6.93. The number of likely N-dealkylation sites (tertiary alicyclic amines) is 1. The molecule has 2 aliphatic rings. The van der Waals surface area contributed by atoms with E-state index in [1.165, 1.54) is 12.8 Å². The molecule has 0 atom stereocenters. The molecule has 1 N–H and O–H groups in total. The van der Waals surface area contributed by atoms with E-state index in [-0.39, 0.29) is 17.4 Å². The largest absolute Gasteiger partial charge is 0.350 e. The summed E-state index contributed by atoms with van der Waals surface area (Å²) in [5.41, 5.74) is 1.50. The molecule has 0 bridgehead atoms. The second-order valence-corrected chi connectivity index (χ2v) is 7.39. The summed E-state index contributed by atoms with van der Waals surface area (Å²) in [5, 5.41) is 3.05. The zero-order valence-electron chi connectivity index (χ0n) is 14.7. The SMILES string of the molecule is CC(C)(CNC(=O)c1ccc(N2CCCC2=O)cc1)N1CCCC1. The fourth-order valence-corrected chi connectivity index (χ4v) is 3.55. The molecule has 130 valence electrons. The van der Waals surface area contributed by atoms with Crippen molar-refractivity contribution < 1.29 is 9.59 Å². The van der Waals surface area contributed by atoms with Crippen LogP contribution in [-0.2, 0) is 4.79 Å². The molecule has 0 radical (unpaired) electrons. The summed E-state index contributed by atoms with van der Waals surface area (Å²) in [7, 11) is 0. The second-order valence-electron chi connectivity index (χ2n) is 7.39. The van der Waals surface area contributed by atoms with Gasteiger partial charge in [0.05, 0.1) is 0 Å². The van der Waals surface area contributed by atoms with E-state index in [4.69, 9.17) is 0 Å². The highest BCUT2D eigenvalue weighted by Gasteiger charge is 2.29. The maximum Gasteiger partial charge on any atom is 0.251 e. The Labute approximate surface area is 144 Å². The highest BCUT2D eigenvalue weighted by Crippen LogP contribution is 2.22. The van der Waals surface area contributed by atoms with Crippen molar-refractivity contribution in [3.05, 3.63) is 29.8 Å². The van der Waals surface area contributed by atoms with Crippen LogP contribution in [0.5, 0.6) is 0 Å². The van der Waals surface area contributed by atoms with Crippen molar-refractivity contribution in [2.24, 2.45) is 0 Å². The van der Waals surface area contributed by atoms with E-state index in [1.54, 1.807) is 17.0 Å². The predicted octanol–water partition coefficient (Wildman–Crippen LogP) is 2.42. The quantitative estimate of drug-likeness (QED) is 0.902. The molecule has 0 spiro atoms. The van der Waals surface area contributed by atoms with Gasteiger partial charge in [0.1, 0.15) is 0 Å². The third kappa shape index (κ3) is 3.61. The highest BCUT2D eigenvalue weighted by atomic mass is 16.2. The van der Waals surface area contributed by atoms with Gasteiger partial charge < -0.3 is 10.2 Å². The molecule has 2 amide bonds. The van der Waals surface area contributed by atoms with Crippen LogP contribution in [0.3, 0.4) is 0 Å². The number of rotatable bonds is 5. The van der Waals surface area contributed by atoms with E-state index in [1.807, 2.05) is 12.1 Å². The van der Waals surface area contributed by atoms with Crippen LogP contribution in [0, 0.1) is 0 Å². The molecule has 5 nitrogen and oxygen atoms in total. The van der Waals surface area contributed by atoms with Gasteiger partial charge in [0.2, 0.25) is 5.91 Å². The van der Waals surface area contributed by atoms with Gasteiger partial charge in [-0.15, -0.1) is 0 Å². The Morgan fingerprint density at radius 1 is 1.08 bits per heavy atom. The number of hydrogen-bond donors (Lipinski definition) is 1. The Morgan fingerprint density at radius 2 is 1.75 bits per heavy atom. The average Bonchev–Trinajstić information content (AvgIpc) is 3.25. The summed E-state index contributed by atoms with van der Waals surface area (Å²) in [6, 6.07) is 7.34. The van der Waals surface area contributed by atoms with Crippen LogP contribution >= 0.6 is 0 Å². The number of amides is 2. The Hall–Kier alpha value is -1.88. The van der Waals surface area contributed by atoms with Crippen molar-refractivity contribution in [3.8, 4) is 0 Å². The van der Waals surface area contributed by atoms with Crippen LogP contribution in [0.4, 0.5) is 5.69 Å². The fraction of sp³-hybridized carbons (Fsp3) is 0.579. The maximum atomic E-state index is 12.4. The molecule has 5 heteroatoms. The molecule has 2 saturated heterocycles. The van der Waals surface area contributed by atoms with Crippen LogP contribution in [0.1, 0.15) is 49.9 Å². The minimum Gasteiger partial charge on any atom is -0.350 e. The number of carbonyl (C=O) groups excluding carboxylic acids is 2. The van der Waals surface area contributed by atoms with E-state index >= 15 is 0 Å². The van der Waals surface area contributed by atoms with Crippen LogP contribution in [0.25, 0.3) is 0 Å². The highest BCUT2D eigenvalue weighted by molar-refractivity contribution is 5.97. The van der Waals surface area contributed by atoms with Crippen molar-refractivity contribution in [1.29, 1.82) is 0 Å². The van der Waals surface area contributed by atoms with Crippen LogP contribution in [-0.4, -0.2) is 48.4 Å². The third-order valence-electron chi connectivity index (χ3n) is 5.16. The van der Waals surface area contributed by atoms with Crippen LogP contribution in [0.15, 0.2) is 24.3 Å². The van der Waals surface area contributed by atoms with Gasteiger partial charge in [0.15, 0.2) is 0 Å². The Kier molecular flexibility index (Phi) is 4.90. The van der Waals surface area contributed by atoms with Gasteiger partial charge in [-0.1, -0.05) is 0 Å². The van der Waals surface area contributed by atoms with E-state index in [0.717, 1.165) is 31.7 Å². The Bertz CT molecular complexity index is 604. The van der Waals surface area contributed by atoms with E-state index in [0.29, 0.717) is 18.5 Å². The number of carbonyl (C=O) groups is 2.